The summed E-state index contributed by atoms with van der Waals surface area (Å²) in [4.78, 5) is 38.1. The third kappa shape index (κ3) is 6.49. The van der Waals surface area contributed by atoms with Gasteiger partial charge in [0.1, 0.15) is 5.69 Å². The van der Waals surface area contributed by atoms with Gasteiger partial charge in [0.2, 0.25) is 5.91 Å². The molecule has 39 heavy (non-hydrogen) atoms. The molecule has 3 aromatic heterocycles. The number of rotatable bonds is 9. The molecular weight excluding hydrogens is 549 g/mol. The molecule has 8 nitrogen and oxygen atoms in total. The molecule has 0 saturated heterocycles. The second kappa shape index (κ2) is 11.3. The molecule has 5 aromatic rings. The average molecular weight is 571 g/mol. The van der Waals surface area contributed by atoms with Crippen molar-refractivity contribution in [3.63, 3.8) is 0 Å². The number of aryl methyl sites for hydroxylation is 1. The summed E-state index contributed by atoms with van der Waals surface area (Å²) >= 11 is 2.52. The zero-order valence-electron chi connectivity index (χ0n) is 20.2. The standard InChI is InChI=1S/C26H21F3N6O2S2/c27-26(28,29)17-4-1-3-16(11-17)19(5-2-9-35-10-8-30-14-35)23(36)34-25-33-20-7-6-18(12-22(20)39-25)32-24(37)21-13-38-15-31-21/h1,3-4,6-8,10-15,19H,2,5,9H2,(H,32,37)(H,33,34,36). The van der Waals surface area contributed by atoms with Gasteiger partial charge in [0.15, 0.2) is 5.13 Å². The molecule has 0 aliphatic rings. The molecule has 2 amide bonds. The third-order valence-corrected chi connectivity index (χ3v) is 7.46. The van der Waals surface area contributed by atoms with Crippen molar-refractivity contribution >= 4 is 55.5 Å². The van der Waals surface area contributed by atoms with Gasteiger partial charge in [0.25, 0.3) is 5.91 Å². The molecule has 0 fully saturated rings. The zero-order chi connectivity index (χ0) is 27.4. The molecule has 3 heterocycles. The highest BCUT2D eigenvalue weighted by Gasteiger charge is 2.32. The fraction of sp³-hybridized carbons (Fsp3) is 0.192. The van der Waals surface area contributed by atoms with Crippen LogP contribution < -0.4 is 10.6 Å². The number of thiazole rings is 2. The summed E-state index contributed by atoms with van der Waals surface area (Å²) in [6.45, 7) is 0.569. The Hall–Kier alpha value is -4.10. The molecule has 1 atom stereocenters. The molecule has 200 valence electrons. The first-order valence-corrected chi connectivity index (χ1v) is 13.6. The van der Waals surface area contributed by atoms with Crippen LogP contribution in [0.25, 0.3) is 10.2 Å². The van der Waals surface area contributed by atoms with Gasteiger partial charge in [-0.15, -0.1) is 11.3 Å². The number of halogens is 3. The molecule has 5 rings (SSSR count). The molecule has 13 heteroatoms. The minimum absolute atomic E-state index is 0.279. The number of nitrogens with zero attached hydrogens (tertiary/aromatic N) is 4. The second-order valence-corrected chi connectivity index (χ2v) is 10.4. The summed E-state index contributed by atoms with van der Waals surface area (Å²) in [7, 11) is 0. The van der Waals surface area contributed by atoms with Crippen molar-refractivity contribution in [3.8, 4) is 0 Å². The highest BCUT2D eigenvalue weighted by Crippen LogP contribution is 2.34. The summed E-state index contributed by atoms with van der Waals surface area (Å²) in [6, 6.07) is 10.0. The van der Waals surface area contributed by atoms with E-state index >= 15 is 0 Å². The Morgan fingerprint density at radius 2 is 1.97 bits per heavy atom. The van der Waals surface area contributed by atoms with E-state index in [1.54, 1.807) is 47.8 Å². The number of fused-ring (bicyclic) bond motifs is 1. The van der Waals surface area contributed by atoms with E-state index in [1.807, 2.05) is 4.57 Å². The lowest BCUT2D eigenvalue weighted by molar-refractivity contribution is -0.137. The first kappa shape index (κ1) is 26.5. The summed E-state index contributed by atoms with van der Waals surface area (Å²) in [5.74, 6) is -1.61. The minimum atomic E-state index is -4.52. The van der Waals surface area contributed by atoms with Gasteiger partial charge in [0.05, 0.1) is 33.5 Å². The monoisotopic (exact) mass is 570 g/mol. The predicted molar refractivity (Wildman–Crippen MR) is 144 cm³/mol. The topological polar surface area (TPSA) is 102 Å². The van der Waals surface area contributed by atoms with Gasteiger partial charge in [0, 0.05) is 30.0 Å². The van der Waals surface area contributed by atoms with E-state index in [9.17, 15) is 22.8 Å². The second-order valence-electron chi connectivity index (χ2n) is 8.64. The third-order valence-electron chi connectivity index (χ3n) is 5.94. The first-order chi connectivity index (χ1) is 18.8. The normalized spacial score (nSPS) is 12.4. The van der Waals surface area contributed by atoms with Gasteiger partial charge >= 0.3 is 6.18 Å². The van der Waals surface area contributed by atoms with Crippen LogP contribution in [0.15, 0.2) is 72.1 Å². The smallest absolute Gasteiger partial charge is 0.337 e. The van der Waals surface area contributed by atoms with Crippen LogP contribution in [0.3, 0.4) is 0 Å². The fourth-order valence-corrected chi connectivity index (χ4v) is 5.49. The number of imidazole rings is 1. The van der Waals surface area contributed by atoms with Crippen molar-refractivity contribution in [1.82, 2.24) is 19.5 Å². The lowest BCUT2D eigenvalue weighted by Crippen LogP contribution is -2.22. The Morgan fingerprint density at radius 1 is 1.10 bits per heavy atom. The van der Waals surface area contributed by atoms with Crippen molar-refractivity contribution in [2.45, 2.75) is 31.5 Å². The maximum atomic E-state index is 13.4. The van der Waals surface area contributed by atoms with Crippen LogP contribution >= 0.6 is 22.7 Å². The number of alkyl halides is 3. The Kier molecular flexibility index (Phi) is 7.70. The van der Waals surface area contributed by atoms with E-state index in [2.05, 4.69) is 25.6 Å². The van der Waals surface area contributed by atoms with Gasteiger partial charge in [-0.25, -0.2) is 15.0 Å². The summed E-state index contributed by atoms with van der Waals surface area (Å²) in [6.07, 6.45) is 1.42. The molecule has 0 saturated carbocycles. The molecule has 0 aliphatic carbocycles. The Labute approximate surface area is 228 Å². The maximum Gasteiger partial charge on any atom is 0.416 e. The van der Waals surface area contributed by atoms with Gasteiger partial charge in [-0.2, -0.15) is 13.2 Å². The molecular formula is C26H21F3N6O2S2. The number of nitrogens with one attached hydrogen (secondary N) is 2. The van der Waals surface area contributed by atoms with Crippen molar-refractivity contribution in [2.24, 2.45) is 0 Å². The summed E-state index contributed by atoms with van der Waals surface area (Å²) in [5.41, 5.74) is 2.51. The Morgan fingerprint density at radius 3 is 2.72 bits per heavy atom. The van der Waals surface area contributed by atoms with E-state index in [0.717, 1.165) is 16.8 Å². The van der Waals surface area contributed by atoms with Gasteiger partial charge in [-0.05, 0) is 42.7 Å². The molecule has 0 aliphatic heterocycles. The van der Waals surface area contributed by atoms with E-state index in [-0.39, 0.29) is 11.5 Å². The van der Waals surface area contributed by atoms with E-state index in [0.29, 0.717) is 41.4 Å². The number of aromatic nitrogens is 4. The van der Waals surface area contributed by atoms with Crippen molar-refractivity contribution < 1.29 is 22.8 Å². The fourth-order valence-electron chi connectivity index (χ4n) is 4.05. The van der Waals surface area contributed by atoms with Gasteiger partial charge < -0.3 is 15.2 Å². The molecule has 0 radical (unpaired) electrons. The van der Waals surface area contributed by atoms with Crippen LogP contribution in [0.2, 0.25) is 0 Å². The number of hydrogen-bond acceptors (Lipinski definition) is 7. The first-order valence-electron chi connectivity index (χ1n) is 11.8. The number of amides is 2. The number of hydrogen-bond donors (Lipinski definition) is 2. The average Bonchev–Trinajstić information content (AvgIpc) is 3.68. The predicted octanol–water partition coefficient (Wildman–Crippen LogP) is 6.42. The van der Waals surface area contributed by atoms with E-state index in [1.165, 1.54) is 34.8 Å². The zero-order valence-corrected chi connectivity index (χ0v) is 21.8. The number of carbonyl (C=O) groups excluding carboxylic acids is 2. The highest BCUT2D eigenvalue weighted by atomic mass is 32.1. The largest absolute Gasteiger partial charge is 0.416 e. The number of anilines is 2. The van der Waals surface area contributed by atoms with Crippen LogP contribution in [-0.2, 0) is 17.5 Å². The summed E-state index contributed by atoms with van der Waals surface area (Å²) in [5, 5.41) is 7.52. The molecule has 0 bridgehead atoms. The van der Waals surface area contributed by atoms with Crippen LogP contribution in [0.1, 0.15) is 40.4 Å². The van der Waals surface area contributed by atoms with Crippen LogP contribution in [0, 0.1) is 0 Å². The Balaban J connectivity index is 1.34. The van der Waals surface area contributed by atoms with E-state index in [4.69, 9.17) is 0 Å². The van der Waals surface area contributed by atoms with Crippen molar-refractivity contribution in [1.29, 1.82) is 0 Å². The Bertz CT molecular complexity index is 1580. The van der Waals surface area contributed by atoms with Crippen molar-refractivity contribution in [2.75, 3.05) is 10.6 Å². The van der Waals surface area contributed by atoms with Crippen LogP contribution in [-0.4, -0.2) is 31.3 Å². The quantitative estimate of drug-likeness (QED) is 0.213. The van der Waals surface area contributed by atoms with Gasteiger partial charge in [-0.3, -0.25) is 9.59 Å². The maximum absolute atomic E-state index is 13.4. The SMILES string of the molecule is O=C(Nc1ccc2nc(NC(=O)C(CCCn3ccnc3)c3cccc(C(F)(F)F)c3)sc2c1)c1cscn1. The van der Waals surface area contributed by atoms with Gasteiger partial charge in [-0.1, -0.05) is 29.5 Å². The molecule has 2 aromatic carbocycles. The molecule has 1 unspecified atom stereocenters. The van der Waals surface area contributed by atoms with E-state index < -0.39 is 23.6 Å². The number of carbonyl (C=O) groups is 2. The van der Waals surface area contributed by atoms with Crippen molar-refractivity contribution in [3.05, 3.63) is 88.9 Å². The number of benzene rings is 2. The lowest BCUT2D eigenvalue weighted by Gasteiger charge is -2.18. The molecule has 2 N–H and O–H groups in total. The lowest BCUT2D eigenvalue weighted by atomic mass is 9.92. The highest BCUT2D eigenvalue weighted by molar-refractivity contribution is 7.22. The minimum Gasteiger partial charge on any atom is -0.337 e. The summed E-state index contributed by atoms with van der Waals surface area (Å²) < 4.78 is 42.7. The van der Waals surface area contributed by atoms with Crippen LogP contribution in [0.4, 0.5) is 24.0 Å². The molecule has 0 spiro atoms. The van der Waals surface area contributed by atoms with Crippen LogP contribution in [0.5, 0.6) is 0 Å².